The fourth-order valence-electron chi connectivity index (χ4n) is 1.06. The number of aryl methyl sites for hydroxylation is 1. The van der Waals surface area contributed by atoms with Crippen molar-refractivity contribution in [1.82, 2.24) is 4.98 Å². The first-order valence-electron chi connectivity index (χ1n) is 4.90. The minimum Gasteiger partial charge on any atom is -0.477 e. The number of hydrogen-bond donors (Lipinski definition) is 2. The Labute approximate surface area is 103 Å². The molecule has 6 nitrogen and oxygen atoms in total. The van der Waals surface area contributed by atoms with Crippen molar-refractivity contribution in [2.24, 2.45) is 0 Å². The van der Waals surface area contributed by atoms with E-state index in [4.69, 9.17) is 9.84 Å². The fourth-order valence-corrected chi connectivity index (χ4v) is 1.77. The Bertz CT molecular complexity index is 448. The Morgan fingerprint density at radius 2 is 2.00 bits per heavy atom. The highest BCUT2D eigenvalue weighted by molar-refractivity contribution is 7.14. The van der Waals surface area contributed by atoms with Crippen LogP contribution in [0.4, 0.5) is 10.6 Å². The summed E-state index contributed by atoms with van der Waals surface area (Å²) in [4.78, 5) is 26.3. The summed E-state index contributed by atoms with van der Waals surface area (Å²) in [5.41, 5.74) is -0.640. The standard InChI is InChI=1S/C10H14N2O4S/c1-5-11-7(6(17-5)8(13)14)12-9(15)16-10(2,3)4/h1-4H3,(H,12,15)(H,13,14). The van der Waals surface area contributed by atoms with E-state index in [-0.39, 0.29) is 10.7 Å². The van der Waals surface area contributed by atoms with E-state index in [9.17, 15) is 9.59 Å². The van der Waals surface area contributed by atoms with Crippen molar-refractivity contribution in [3.63, 3.8) is 0 Å². The molecule has 0 bridgehead atoms. The number of carbonyl (C=O) groups is 2. The second-order valence-electron chi connectivity index (χ2n) is 4.34. The highest BCUT2D eigenvalue weighted by Gasteiger charge is 2.21. The van der Waals surface area contributed by atoms with Crippen molar-refractivity contribution < 1.29 is 19.4 Å². The maximum Gasteiger partial charge on any atom is 0.413 e. The molecule has 0 aliphatic carbocycles. The molecule has 0 fully saturated rings. The molecule has 2 N–H and O–H groups in total. The number of ether oxygens (including phenoxy) is 1. The lowest BCUT2D eigenvalue weighted by atomic mass is 10.2. The molecule has 0 atom stereocenters. The molecule has 1 aromatic heterocycles. The smallest absolute Gasteiger partial charge is 0.413 e. The lowest BCUT2D eigenvalue weighted by Crippen LogP contribution is -2.27. The van der Waals surface area contributed by atoms with Crippen LogP contribution in [0.15, 0.2) is 0 Å². The van der Waals surface area contributed by atoms with Gasteiger partial charge in [0.25, 0.3) is 0 Å². The number of aromatic carboxylic acids is 1. The average Bonchev–Trinajstić information content (AvgIpc) is 2.42. The monoisotopic (exact) mass is 258 g/mol. The van der Waals surface area contributed by atoms with E-state index < -0.39 is 17.7 Å². The second kappa shape index (κ2) is 4.70. The van der Waals surface area contributed by atoms with Crippen LogP contribution in [0.2, 0.25) is 0 Å². The van der Waals surface area contributed by atoms with E-state index in [1.54, 1.807) is 27.7 Å². The van der Waals surface area contributed by atoms with E-state index in [1.165, 1.54) is 0 Å². The predicted molar refractivity (Wildman–Crippen MR) is 63.7 cm³/mol. The maximum absolute atomic E-state index is 11.5. The Kier molecular flexibility index (Phi) is 3.72. The van der Waals surface area contributed by atoms with Gasteiger partial charge in [-0.1, -0.05) is 0 Å². The quantitative estimate of drug-likeness (QED) is 0.850. The highest BCUT2D eigenvalue weighted by atomic mass is 32.1. The first-order valence-corrected chi connectivity index (χ1v) is 5.71. The second-order valence-corrected chi connectivity index (χ2v) is 5.55. The number of carboxylic acids is 1. The number of anilines is 1. The largest absolute Gasteiger partial charge is 0.477 e. The zero-order valence-electron chi connectivity index (χ0n) is 10.0. The molecule has 0 spiro atoms. The van der Waals surface area contributed by atoms with E-state index in [0.717, 1.165) is 11.3 Å². The van der Waals surface area contributed by atoms with Gasteiger partial charge < -0.3 is 9.84 Å². The van der Waals surface area contributed by atoms with Crippen molar-refractivity contribution in [2.45, 2.75) is 33.3 Å². The molecular weight excluding hydrogens is 244 g/mol. The Hall–Kier alpha value is -1.63. The van der Waals surface area contributed by atoms with Gasteiger partial charge in [-0.2, -0.15) is 0 Å². The van der Waals surface area contributed by atoms with Crippen LogP contribution in [0.5, 0.6) is 0 Å². The fraction of sp³-hybridized carbons (Fsp3) is 0.500. The number of carboxylic acid groups (broad SMARTS) is 1. The molecule has 1 rings (SSSR count). The van der Waals surface area contributed by atoms with Gasteiger partial charge in [-0.15, -0.1) is 11.3 Å². The normalized spacial score (nSPS) is 11.1. The number of carbonyl (C=O) groups excluding carboxylic acids is 1. The molecule has 0 saturated heterocycles. The number of thiazole rings is 1. The Morgan fingerprint density at radius 1 is 1.41 bits per heavy atom. The molecule has 1 heterocycles. The van der Waals surface area contributed by atoms with Crippen molar-refractivity contribution in [1.29, 1.82) is 0 Å². The molecule has 0 radical (unpaired) electrons. The molecule has 7 heteroatoms. The number of nitrogens with one attached hydrogen (secondary N) is 1. The number of nitrogens with zero attached hydrogens (tertiary/aromatic N) is 1. The molecule has 0 saturated carbocycles. The van der Waals surface area contributed by atoms with Gasteiger partial charge in [0.05, 0.1) is 5.01 Å². The van der Waals surface area contributed by atoms with Crippen LogP contribution in [-0.2, 0) is 4.74 Å². The van der Waals surface area contributed by atoms with Gasteiger partial charge in [-0.3, -0.25) is 5.32 Å². The zero-order chi connectivity index (χ0) is 13.2. The predicted octanol–water partition coefficient (Wildman–Crippen LogP) is 2.50. The van der Waals surface area contributed by atoms with Gasteiger partial charge >= 0.3 is 12.1 Å². The summed E-state index contributed by atoms with van der Waals surface area (Å²) >= 11 is 1.00. The molecular formula is C10H14N2O4S. The molecule has 0 aromatic carbocycles. The van der Waals surface area contributed by atoms with Crippen molar-refractivity contribution in [3.8, 4) is 0 Å². The van der Waals surface area contributed by atoms with Gasteiger partial charge in [-0.25, -0.2) is 14.6 Å². The first kappa shape index (κ1) is 13.4. The van der Waals surface area contributed by atoms with Gasteiger partial charge in [0.15, 0.2) is 10.7 Å². The minimum atomic E-state index is -1.12. The minimum absolute atomic E-state index is 0.00615. The summed E-state index contributed by atoms with van der Waals surface area (Å²) in [5.74, 6) is -1.10. The van der Waals surface area contributed by atoms with Gasteiger partial charge in [0.2, 0.25) is 0 Å². The van der Waals surface area contributed by atoms with Crippen molar-refractivity contribution in [3.05, 3.63) is 9.88 Å². The molecule has 17 heavy (non-hydrogen) atoms. The van der Waals surface area contributed by atoms with Crippen LogP contribution >= 0.6 is 11.3 Å². The van der Waals surface area contributed by atoms with Crippen molar-refractivity contribution in [2.75, 3.05) is 5.32 Å². The van der Waals surface area contributed by atoms with E-state index in [2.05, 4.69) is 10.3 Å². The summed E-state index contributed by atoms with van der Waals surface area (Å²) in [5, 5.41) is 11.8. The van der Waals surface area contributed by atoms with Gasteiger partial charge in [0, 0.05) is 0 Å². The third-order valence-corrected chi connectivity index (χ3v) is 2.51. The van der Waals surface area contributed by atoms with Crippen LogP contribution in [-0.4, -0.2) is 27.8 Å². The average molecular weight is 258 g/mol. The van der Waals surface area contributed by atoms with E-state index >= 15 is 0 Å². The zero-order valence-corrected chi connectivity index (χ0v) is 10.8. The highest BCUT2D eigenvalue weighted by Crippen LogP contribution is 2.23. The summed E-state index contributed by atoms with van der Waals surface area (Å²) in [7, 11) is 0. The van der Waals surface area contributed by atoms with Crippen LogP contribution in [0.25, 0.3) is 0 Å². The van der Waals surface area contributed by atoms with Crippen LogP contribution in [0.1, 0.15) is 35.5 Å². The third-order valence-electron chi connectivity index (χ3n) is 1.55. The number of hydrogen-bond acceptors (Lipinski definition) is 5. The number of aromatic nitrogens is 1. The van der Waals surface area contributed by atoms with E-state index in [1.807, 2.05) is 0 Å². The summed E-state index contributed by atoms with van der Waals surface area (Å²) < 4.78 is 5.01. The van der Waals surface area contributed by atoms with Gasteiger partial charge in [0.1, 0.15) is 5.60 Å². The summed E-state index contributed by atoms with van der Waals surface area (Å²) in [6, 6.07) is 0. The summed E-state index contributed by atoms with van der Waals surface area (Å²) in [6.07, 6.45) is -0.717. The lowest BCUT2D eigenvalue weighted by molar-refractivity contribution is 0.0635. The number of amides is 1. The molecule has 1 aromatic rings. The summed E-state index contributed by atoms with van der Waals surface area (Å²) in [6.45, 7) is 6.82. The Balaban J connectivity index is 2.81. The SMILES string of the molecule is Cc1nc(NC(=O)OC(C)(C)C)c(C(=O)O)s1. The first-order chi connectivity index (χ1) is 7.69. The third kappa shape index (κ3) is 4.03. The Morgan fingerprint density at radius 3 is 2.47 bits per heavy atom. The molecule has 1 amide bonds. The van der Waals surface area contributed by atoms with Crippen LogP contribution in [0, 0.1) is 6.92 Å². The molecule has 94 valence electrons. The van der Waals surface area contributed by atoms with Crippen molar-refractivity contribution >= 4 is 29.2 Å². The molecule has 0 aliphatic rings. The lowest BCUT2D eigenvalue weighted by Gasteiger charge is -2.19. The molecule has 0 unspecified atom stereocenters. The number of rotatable bonds is 2. The van der Waals surface area contributed by atoms with Crippen LogP contribution < -0.4 is 5.32 Å². The maximum atomic E-state index is 11.5. The van der Waals surface area contributed by atoms with Crippen LogP contribution in [0.3, 0.4) is 0 Å². The van der Waals surface area contributed by atoms with E-state index in [0.29, 0.717) is 5.01 Å². The van der Waals surface area contributed by atoms with Gasteiger partial charge in [-0.05, 0) is 27.7 Å². The topological polar surface area (TPSA) is 88.5 Å². The molecule has 0 aliphatic heterocycles.